The summed E-state index contributed by atoms with van der Waals surface area (Å²) >= 11 is 3.27. The molecule has 0 radical (unpaired) electrons. The minimum Gasteiger partial charge on any atom is -0.398 e. The number of anilines is 1. The molecule has 0 spiro atoms. The number of nitrogens with two attached hydrogens (primary N) is 1. The van der Waals surface area contributed by atoms with Crippen molar-refractivity contribution in [2.24, 2.45) is 5.92 Å². The van der Waals surface area contributed by atoms with Gasteiger partial charge in [-0.3, -0.25) is 4.79 Å². The van der Waals surface area contributed by atoms with Crippen molar-refractivity contribution in [3.8, 4) is 0 Å². The molecular formula is C12H17BrN2O2. The van der Waals surface area contributed by atoms with Crippen molar-refractivity contribution >= 4 is 27.5 Å². The van der Waals surface area contributed by atoms with Gasteiger partial charge in [-0.1, -0.05) is 29.8 Å². The van der Waals surface area contributed by atoms with E-state index in [1.54, 1.807) is 18.2 Å². The van der Waals surface area contributed by atoms with E-state index in [1.807, 2.05) is 13.8 Å². The molecule has 17 heavy (non-hydrogen) atoms. The molecule has 0 aliphatic carbocycles. The second-order valence-electron chi connectivity index (χ2n) is 4.25. The molecule has 4 N–H and O–H groups in total. The van der Waals surface area contributed by atoms with Gasteiger partial charge in [0.1, 0.15) is 0 Å². The first-order valence-electron chi connectivity index (χ1n) is 5.43. The van der Waals surface area contributed by atoms with Gasteiger partial charge in [-0.05, 0) is 24.1 Å². The summed E-state index contributed by atoms with van der Waals surface area (Å²) in [5, 5.41) is 12.2. The molecule has 4 nitrogen and oxygen atoms in total. The molecule has 1 rings (SSSR count). The lowest BCUT2D eigenvalue weighted by Crippen LogP contribution is -2.35. The Morgan fingerprint density at radius 1 is 1.53 bits per heavy atom. The summed E-state index contributed by atoms with van der Waals surface area (Å²) in [6, 6.07) is 5.08. The third-order valence-electron chi connectivity index (χ3n) is 2.50. The third kappa shape index (κ3) is 4.02. The molecule has 0 heterocycles. The SMILES string of the molecule is CC(C)C(O)CNC(=O)c1ccc(Br)cc1N. The van der Waals surface area contributed by atoms with E-state index in [9.17, 15) is 9.90 Å². The van der Waals surface area contributed by atoms with Crippen LogP contribution in [0.3, 0.4) is 0 Å². The highest BCUT2D eigenvalue weighted by Gasteiger charge is 2.13. The Morgan fingerprint density at radius 2 is 2.18 bits per heavy atom. The second-order valence-corrected chi connectivity index (χ2v) is 5.17. The van der Waals surface area contributed by atoms with Gasteiger partial charge in [-0.25, -0.2) is 0 Å². The number of halogens is 1. The summed E-state index contributed by atoms with van der Waals surface area (Å²) in [5.74, 6) is -0.160. The van der Waals surface area contributed by atoms with Gasteiger partial charge in [0.05, 0.1) is 11.7 Å². The Labute approximate surface area is 109 Å². The first kappa shape index (κ1) is 14.0. The predicted molar refractivity (Wildman–Crippen MR) is 71.7 cm³/mol. The van der Waals surface area contributed by atoms with Crippen molar-refractivity contribution in [3.05, 3.63) is 28.2 Å². The van der Waals surface area contributed by atoms with Crippen LogP contribution in [0.25, 0.3) is 0 Å². The van der Waals surface area contributed by atoms with E-state index >= 15 is 0 Å². The predicted octanol–water partition coefficient (Wildman–Crippen LogP) is 1.78. The lowest BCUT2D eigenvalue weighted by atomic mass is 10.1. The average Bonchev–Trinajstić information content (AvgIpc) is 2.25. The van der Waals surface area contributed by atoms with Gasteiger partial charge in [0.2, 0.25) is 0 Å². The lowest BCUT2D eigenvalue weighted by Gasteiger charge is -2.15. The number of nitrogen functional groups attached to an aromatic ring is 1. The fourth-order valence-electron chi connectivity index (χ4n) is 1.27. The quantitative estimate of drug-likeness (QED) is 0.742. The van der Waals surface area contributed by atoms with Crippen molar-refractivity contribution < 1.29 is 9.90 Å². The van der Waals surface area contributed by atoms with Gasteiger partial charge in [-0.2, -0.15) is 0 Å². The summed E-state index contributed by atoms with van der Waals surface area (Å²) in [6.07, 6.45) is -0.546. The fourth-order valence-corrected chi connectivity index (χ4v) is 1.65. The monoisotopic (exact) mass is 300 g/mol. The standard InChI is InChI=1S/C12H17BrN2O2/c1-7(2)11(16)6-15-12(17)9-4-3-8(13)5-10(9)14/h3-5,7,11,16H,6,14H2,1-2H3,(H,15,17). The molecule has 1 unspecified atom stereocenters. The van der Waals surface area contributed by atoms with E-state index in [1.165, 1.54) is 0 Å². The van der Waals surface area contributed by atoms with Crippen LogP contribution in [0.4, 0.5) is 5.69 Å². The van der Waals surface area contributed by atoms with Crippen LogP contribution in [0.1, 0.15) is 24.2 Å². The normalized spacial score (nSPS) is 12.5. The van der Waals surface area contributed by atoms with Crippen LogP contribution in [0.2, 0.25) is 0 Å². The number of benzene rings is 1. The molecule has 5 heteroatoms. The summed E-state index contributed by atoms with van der Waals surface area (Å²) in [6.45, 7) is 4.02. The number of aliphatic hydroxyl groups excluding tert-OH is 1. The van der Waals surface area contributed by atoms with Gasteiger partial charge in [-0.15, -0.1) is 0 Å². The summed E-state index contributed by atoms with van der Waals surface area (Å²) < 4.78 is 0.828. The summed E-state index contributed by atoms with van der Waals surface area (Å²) in [5.41, 5.74) is 6.57. The van der Waals surface area contributed by atoms with Crippen LogP contribution in [-0.2, 0) is 0 Å². The number of aliphatic hydroxyl groups is 1. The Morgan fingerprint density at radius 3 is 2.71 bits per heavy atom. The Kier molecular flexibility index (Phi) is 4.96. The van der Waals surface area contributed by atoms with E-state index < -0.39 is 6.10 Å². The van der Waals surface area contributed by atoms with Crippen molar-refractivity contribution in [1.29, 1.82) is 0 Å². The maximum absolute atomic E-state index is 11.8. The van der Waals surface area contributed by atoms with E-state index in [-0.39, 0.29) is 18.4 Å². The Hall–Kier alpha value is -1.07. The minimum atomic E-state index is -0.546. The molecule has 0 aliphatic rings. The first-order valence-corrected chi connectivity index (χ1v) is 6.22. The van der Waals surface area contributed by atoms with Crippen LogP contribution in [-0.4, -0.2) is 23.7 Å². The maximum atomic E-state index is 11.8. The second kappa shape index (κ2) is 6.02. The molecule has 1 aromatic carbocycles. The van der Waals surface area contributed by atoms with Crippen LogP contribution in [0, 0.1) is 5.92 Å². The summed E-state index contributed by atoms with van der Waals surface area (Å²) in [7, 11) is 0. The van der Waals surface area contributed by atoms with E-state index in [4.69, 9.17) is 5.73 Å². The van der Waals surface area contributed by atoms with E-state index in [0.29, 0.717) is 11.3 Å². The number of hydrogen-bond acceptors (Lipinski definition) is 3. The van der Waals surface area contributed by atoms with Gasteiger partial charge in [0.25, 0.3) is 5.91 Å². The van der Waals surface area contributed by atoms with Crippen molar-refractivity contribution in [1.82, 2.24) is 5.32 Å². The Balaban J connectivity index is 2.64. The molecule has 0 saturated heterocycles. The molecule has 0 saturated carbocycles. The minimum absolute atomic E-state index is 0.109. The molecule has 0 bridgehead atoms. The van der Waals surface area contributed by atoms with E-state index in [0.717, 1.165) is 4.47 Å². The van der Waals surface area contributed by atoms with Crippen LogP contribution in [0.15, 0.2) is 22.7 Å². The number of carbonyl (C=O) groups is 1. The molecule has 1 amide bonds. The molecule has 1 atom stereocenters. The van der Waals surface area contributed by atoms with Crippen LogP contribution in [0.5, 0.6) is 0 Å². The highest BCUT2D eigenvalue weighted by atomic mass is 79.9. The fraction of sp³-hybridized carbons (Fsp3) is 0.417. The van der Waals surface area contributed by atoms with Crippen LogP contribution < -0.4 is 11.1 Å². The number of nitrogens with one attached hydrogen (secondary N) is 1. The maximum Gasteiger partial charge on any atom is 0.253 e. The highest BCUT2D eigenvalue weighted by Crippen LogP contribution is 2.18. The smallest absolute Gasteiger partial charge is 0.253 e. The average molecular weight is 301 g/mol. The molecule has 94 valence electrons. The van der Waals surface area contributed by atoms with Gasteiger partial charge < -0.3 is 16.2 Å². The highest BCUT2D eigenvalue weighted by molar-refractivity contribution is 9.10. The molecule has 0 fully saturated rings. The van der Waals surface area contributed by atoms with Gasteiger partial charge in [0.15, 0.2) is 0 Å². The molecular weight excluding hydrogens is 284 g/mol. The van der Waals surface area contributed by atoms with E-state index in [2.05, 4.69) is 21.2 Å². The van der Waals surface area contributed by atoms with Crippen LogP contribution >= 0.6 is 15.9 Å². The zero-order chi connectivity index (χ0) is 13.0. The number of rotatable bonds is 4. The first-order chi connectivity index (χ1) is 7.91. The Bertz CT molecular complexity index is 407. The van der Waals surface area contributed by atoms with Crippen molar-refractivity contribution in [3.63, 3.8) is 0 Å². The number of amides is 1. The summed E-state index contributed by atoms with van der Waals surface area (Å²) in [4.78, 5) is 11.8. The lowest BCUT2D eigenvalue weighted by molar-refractivity contribution is 0.0872. The zero-order valence-electron chi connectivity index (χ0n) is 9.90. The molecule has 0 aliphatic heterocycles. The number of carbonyl (C=O) groups excluding carboxylic acids is 1. The van der Waals surface area contributed by atoms with Gasteiger partial charge >= 0.3 is 0 Å². The number of hydrogen-bond donors (Lipinski definition) is 3. The largest absolute Gasteiger partial charge is 0.398 e. The zero-order valence-corrected chi connectivity index (χ0v) is 11.5. The van der Waals surface area contributed by atoms with Gasteiger partial charge in [0, 0.05) is 16.7 Å². The topological polar surface area (TPSA) is 75.3 Å². The molecule has 0 aromatic heterocycles. The van der Waals surface area contributed by atoms with Crippen molar-refractivity contribution in [2.75, 3.05) is 12.3 Å². The van der Waals surface area contributed by atoms with Crippen molar-refractivity contribution in [2.45, 2.75) is 20.0 Å². The third-order valence-corrected chi connectivity index (χ3v) is 2.99. The molecule has 1 aromatic rings.